The van der Waals surface area contributed by atoms with Gasteiger partial charge < -0.3 is 10.4 Å². The fraction of sp³-hybridized carbons (Fsp3) is 0.750. The van der Waals surface area contributed by atoms with Gasteiger partial charge in [-0.25, -0.2) is 0 Å². The number of aliphatic hydroxyl groups excluding tert-OH is 1. The Kier molecular flexibility index (Phi) is 4.06. The van der Waals surface area contributed by atoms with Crippen molar-refractivity contribution in [2.45, 2.75) is 25.0 Å². The Morgan fingerprint density at radius 1 is 1.69 bits per heavy atom. The van der Waals surface area contributed by atoms with Gasteiger partial charge in [0.2, 0.25) is 5.91 Å². The highest BCUT2D eigenvalue weighted by Gasteiger charge is 2.27. The molecule has 0 aliphatic heterocycles. The summed E-state index contributed by atoms with van der Waals surface area (Å²) in [5, 5.41) is 19.9. The first-order chi connectivity index (χ1) is 6.22. The van der Waals surface area contributed by atoms with E-state index in [2.05, 4.69) is 5.32 Å². The van der Waals surface area contributed by atoms with Crippen LogP contribution in [-0.4, -0.2) is 34.7 Å². The zero-order valence-electron chi connectivity index (χ0n) is 7.19. The minimum Gasteiger partial charge on any atom is -0.393 e. The normalized spacial score (nSPS) is 25.8. The Morgan fingerprint density at radius 2 is 2.38 bits per heavy atom. The Morgan fingerprint density at radius 3 is 2.92 bits per heavy atom. The molecule has 0 heterocycles. The Bertz CT molecular complexity index is 221. The maximum absolute atomic E-state index is 11.1. The molecule has 4 nitrogen and oxygen atoms in total. The number of nitrogens with one attached hydrogen (secondary N) is 1. The summed E-state index contributed by atoms with van der Waals surface area (Å²) in [4.78, 5) is 11.1. The molecule has 13 heavy (non-hydrogen) atoms. The number of amides is 1. The predicted octanol–water partition coefficient (Wildman–Crippen LogP) is -0.117. The summed E-state index contributed by atoms with van der Waals surface area (Å²) in [5.41, 5.74) is 0. The molecule has 1 aliphatic rings. The van der Waals surface area contributed by atoms with Crippen LogP contribution in [0.4, 0.5) is 0 Å². The number of thioether (sulfide) groups is 1. The third-order valence-corrected chi connectivity index (χ3v) is 2.68. The van der Waals surface area contributed by atoms with Gasteiger partial charge in [0.25, 0.3) is 0 Å². The van der Waals surface area contributed by atoms with Crippen molar-refractivity contribution in [3.8, 4) is 6.07 Å². The molecule has 1 aliphatic carbocycles. The summed E-state index contributed by atoms with van der Waals surface area (Å²) in [6, 6.07) is 2.10. The maximum atomic E-state index is 11.1. The first kappa shape index (κ1) is 10.4. The first-order valence-corrected chi connectivity index (χ1v) is 5.30. The second kappa shape index (κ2) is 5.10. The van der Waals surface area contributed by atoms with Crippen molar-refractivity contribution >= 4 is 17.7 Å². The fourth-order valence-corrected chi connectivity index (χ4v) is 1.63. The summed E-state index contributed by atoms with van der Waals surface area (Å²) >= 11 is 1.30. The highest BCUT2D eigenvalue weighted by atomic mass is 32.2. The zero-order valence-corrected chi connectivity index (χ0v) is 8.01. The van der Waals surface area contributed by atoms with Crippen molar-refractivity contribution in [3.63, 3.8) is 0 Å². The van der Waals surface area contributed by atoms with Gasteiger partial charge in [-0.05, 0) is 12.8 Å². The molecule has 0 aromatic rings. The van der Waals surface area contributed by atoms with Crippen LogP contribution in [0.3, 0.4) is 0 Å². The summed E-state index contributed by atoms with van der Waals surface area (Å²) < 4.78 is 0. The number of rotatable bonds is 4. The molecule has 0 unspecified atom stereocenters. The molecule has 0 bridgehead atoms. The Labute approximate surface area is 81.3 Å². The highest BCUT2D eigenvalue weighted by molar-refractivity contribution is 8.00. The molecule has 1 amide bonds. The van der Waals surface area contributed by atoms with Crippen LogP contribution in [0.2, 0.25) is 0 Å². The third-order valence-electron chi connectivity index (χ3n) is 1.88. The van der Waals surface area contributed by atoms with Crippen LogP contribution in [0.5, 0.6) is 0 Å². The van der Waals surface area contributed by atoms with Gasteiger partial charge in [-0.15, -0.1) is 11.8 Å². The van der Waals surface area contributed by atoms with E-state index in [0.717, 1.165) is 0 Å². The molecule has 0 aromatic carbocycles. The van der Waals surface area contributed by atoms with Gasteiger partial charge in [0.15, 0.2) is 0 Å². The van der Waals surface area contributed by atoms with E-state index in [1.807, 2.05) is 6.07 Å². The van der Waals surface area contributed by atoms with Gasteiger partial charge in [0.1, 0.15) is 0 Å². The lowest BCUT2D eigenvalue weighted by Crippen LogP contribution is -2.47. The van der Waals surface area contributed by atoms with E-state index in [9.17, 15) is 4.79 Å². The standard InChI is InChI=1S/C8H12N2O2S/c9-1-2-13-5-8(12)10-6-3-7(11)4-6/h6-7,11H,2-5H2,(H,10,12). The van der Waals surface area contributed by atoms with Gasteiger partial charge in [-0.1, -0.05) is 0 Å². The molecule has 72 valence electrons. The molecule has 1 fully saturated rings. The molecule has 0 radical (unpaired) electrons. The number of hydrogen-bond acceptors (Lipinski definition) is 4. The summed E-state index contributed by atoms with van der Waals surface area (Å²) in [7, 11) is 0. The van der Waals surface area contributed by atoms with Gasteiger partial charge in [0, 0.05) is 6.04 Å². The molecule has 0 saturated heterocycles. The van der Waals surface area contributed by atoms with Gasteiger partial charge in [-0.3, -0.25) is 4.79 Å². The van der Waals surface area contributed by atoms with Crippen molar-refractivity contribution in [1.29, 1.82) is 5.26 Å². The fourth-order valence-electron chi connectivity index (χ4n) is 1.16. The number of hydrogen-bond donors (Lipinski definition) is 2. The van der Waals surface area contributed by atoms with Crippen LogP contribution in [0.1, 0.15) is 12.8 Å². The van der Waals surface area contributed by atoms with E-state index in [1.165, 1.54) is 11.8 Å². The van der Waals surface area contributed by atoms with Crippen molar-refractivity contribution < 1.29 is 9.90 Å². The molecule has 0 atom stereocenters. The number of aliphatic hydroxyl groups is 1. The van der Waals surface area contributed by atoms with E-state index in [-0.39, 0.29) is 18.1 Å². The van der Waals surface area contributed by atoms with Crippen LogP contribution >= 0.6 is 11.8 Å². The van der Waals surface area contributed by atoms with Gasteiger partial charge in [0.05, 0.1) is 23.7 Å². The van der Waals surface area contributed by atoms with Crippen molar-refractivity contribution in [1.82, 2.24) is 5.32 Å². The third kappa shape index (κ3) is 3.66. The maximum Gasteiger partial charge on any atom is 0.230 e. The number of nitrogens with zero attached hydrogens (tertiary/aromatic N) is 1. The lowest BCUT2D eigenvalue weighted by atomic mass is 9.89. The average Bonchev–Trinajstić information content (AvgIpc) is 2.02. The molecule has 2 N–H and O–H groups in total. The van der Waals surface area contributed by atoms with Gasteiger partial charge >= 0.3 is 0 Å². The predicted molar refractivity (Wildman–Crippen MR) is 50.1 cm³/mol. The topological polar surface area (TPSA) is 73.1 Å². The highest BCUT2D eigenvalue weighted by Crippen LogP contribution is 2.19. The van der Waals surface area contributed by atoms with Crippen LogP contribution in [0.25, 0.3) is 0 Å². The smallest absolute Gasteiger partial charge is 0.230 e. The number of nitriles is 1. The molecule has 0 spiro atoms. The van der Waals surface area contributed by atoms with Crippen LogP contribution in [-0.2, 0) is 4.79 Å². The van der Waals surface area contributed by atoms with E-state index >= 15 is 0 Å². The number of carbonyl (C=O) groups excluding carboxylic acids is 1. The van der Waals surface area contributed by atoms with Crippen LogP contribution in [0, 0.1) is 11.3 Å². The van der Waals surface area contributed by atoms with E-state index in [1.54, 1.807) is 0 Å². The van der Waals surface area contributed by atoms with E-state index in [4.69, 9.17) is 10.4 Å². The van der Waals surface area contributed by atoms with Crippen LogP contribution < -0.4 is 5.32 Å². The Hall–Kier alpha value is -0.730. The van der Waals surface area contributed by atoms with Crippen molar-refractivity contribution in [3.05, 3.63) is 0 Å². The second-order valence-electron chi connectivity index (χ2n) is 3.04. The Balaban J connectivity index is 2.02. The van der Waals surface area contributed by atoms with E-state index in [0.29, 0.717) is 24.3 Å². The van der Waals surface area contributed by atoms with Gasteiger partial charge in [-0.2, -0.15) is 5.26 Å². The summed E-state index contributed by atoms with van der Waals surface area (Å²) in [6.07, 6.45) is 1.08. The molecular weight excluding hydrogens is 188 g/mol. The quantitative estimate of drug-likeness (QED) is 0.621. The zero-order chi connectivity index (χ0) is 9.68. The minimum atomic E-state index is -0.239. The average molecular weight is 200 g/mol. The molecule has 1 rings (SSSR count). The summed E-state index contributed by atoms with van der Waals surface area (Å²) in [5.74, 6) is 0.637. The molecular formula is C8H12N2O2S. The largest absolute Gasteiger partial charge is 0.393 e. The molecule has 0 aromatic heterocycles. The van der Waals surface area contributed by atoms with E-state index < -0.39 is 0 Å². The molecule has 1 saturated carbocycles. The first-order valence-electron chi connectivity index (χ1n) is 4.14. The monoisotopic (exact) mass is 200 g/mol. The number of carbonyl (C=O) groups is 1. The molecule has 5 heteroatoms. The summed E-state index contributed by atoms with van der Waals surface area (Å²) in [6.45, 7) is 0. The van der Waals surface area contributed by atoms with Crippen LogP contribution in [0.15, 0.2) is 0 Å². The second-order valence-corrected chi connectivity index (χ2v) is 4.03. The lowest BCUT2D eigenvalue weighted by Gasteiger charge is -2.31. The van der Waals surface area contributed by atoms with Crippen molar-refractivity contribution in [2.75, 3.05) is 11.5 Å². The SMILES string of the molecule is N#CCSCC(=O)NC1CC(O)C1. The van der Waals surface area contributed by atoms with Crippen molar-refractivity contribution in [2.24, 2.45) is 0 Å². The minimum absolute atomic E-state index is 0.0443. The lowest BCUT2D eigenvalue weighted by molar-refractivity contribution is -0.120.